The van der Waals surface area contributed by atoms with Gasteiger partial charge in [-0.1, -0.05) is 41.9 Å². The van der Waals surface area contributed by atoms with Gasteiger partial charge in [0.15, 0.2) is 0 Å². The van der Waals surface area contributed by atoms with Crippen LogP contribution in [0, 0.1) is 5.92 Å². The molecule has 3 aromatic rings. The van der Waals surface area contributed by atoms with Crippen molar-refractivity contribution in [1.82, 2.24) is 10.2 Å². The van der Waals surface area contributed by atoms with E-state index in [0.29, 0.717) is 22.0 Å². The molecule has 0 unspecified atom stereocenters. The maximum atomic E-state index is 13.3. The van der Waals surface area contributed by atoms with Gasteiger partial charge in [-0.15, -0.1) is 0 Å². The van der Waals surface area contributed by atoms with E-state index in [1.54, 1.807) is 43.3 Å². The second-order valence-corrected chi connectivity index (χ2v) is 7.80. The molecule has 0 radical (unpaired) electrons. The highest BCUT2D eigenvalue weighted by Gasteiger charge is 2.50. The summed E-state index contributed by atoms with van der Waals surface area (Å²) in [5, 5.41) is 20.1. The molecule has 0 spiro atoms. The Hall–Kier alpha value is -2.83. The molecule has 6 nitrogen and oxygen atoms in total. The average Bonchev–Trinajstić information content (AvgIpc) is 3.01. The number of fused-ring (bicyclic) bond motifs is 1. The number of carbonyl (C=O) groups excluding carboxylic acids is 1. The van der Waals surface area contributed by atoms with E-state index in [2.05, 4.69) is 15.5 Å². The summed E-state index contributed by atoms with van der Waals surface area (Å²) in [6.45, 7) is 1.62. The Kier molecular flexibility index (Phi) is 4.61. The van der Waals surface area contributed by atoms with E-state index in [1.165, 1.54) is 0 Å². The highest BCUT2D eigenvalue weighted by Crippen LogP contribution is 2.44. The molecule has 2 aromatic carbocycles. The van der Waals surface area contributed by atoms with Crippen LogP contribution >= 0.6 is 11.6 Å². The van der Waals surface area contributed by atoms with Gasteiger partial charge in [0.1, 0.15) is 0 Å². The van der Waals surface area contributed by atoms with Gasteiger partial charge in [0.05, 0.1) is 11.5 Å². The first-order valence-electron chi connectivity index (χ1n) is 9.00. The van der Waals surface area contributed by atoms with Gasteiger partial charge in [0, 0.05) is 34.3 Å². The minimum atomic E-state index is -1.36. The molecular formula is C21H20ClN3O3. The fourth-order valence-corrected chi connectivity index (χ4v) is 4.20. The molecule has 3 atom stereocenters. The minimum Gasteiger partial charge on any atom is -0.389 e. The van der Waals surface area contributed by atoms with Crippen LogP contribution in [0.15, 0.2) is 59.4 Å². The Morgan fingerprint density at radius 1 is 1.14 bits per heavy atom. The third kappa shape index (κ3) is 3.25. The van der Waals surface area contributed by atoms with E-state index in [4.69, 9.17) is 11.6 Å². The molecule has 4 N–H and O–H groups in total. The number of hydrogen-bond acceptors (Lipinski definition) is 3. The Morgan fingerprint density at radius 3 is 2.50 bits per heavy atom. The van der Waals surface area contributed by atoms with Crippen LogP contribution in [0.2, 0.25) is 5.02 Å². The average molecular weight is 398 g/mol. The summed E-state index contributed by atoms with van der Waals surface area (Å²) in [6.07, 6.45) is 0.165. The molecule has 1 aliphatic rings. The van der Waals surface area contributed by atoms with Gasteiger partial charge >= 0.3 is 0 Å². The molecule has 1 aliphatic carbocycles. The van der Waals surface area contributed by atoms with Crippen LogP contribution < -0.4 is 10.9 Å². The van der Waals surface area contributed by atoms with Gasteiger partial charge in [-0.05, 0) is 36.8 Å². The number of amides is 1. The van der Waals surface area contributed by atoms with E-state index >= 15 is 0 Å². The van der Waals surface area contributed by atoms with Crippen molar-refractivity contribution < 1.29 is 9.90 Å². The number of anilines is 1. The molecule has 0 saturated heterocycles. The molecule has 1 heterocycles. The standard InChI is InChI=1S/C21H20ClN3O3/c1-21(28)11-15-17(19(26)25-24-15)16(12-7-9-13(22)10-8-12)18(21)20(27)23-14-5-3-2-4-6-14/h2-10,16,18,28H,11H2,1H3,(H,23,27)(H2,24,25,26)/t16-,18+,21-/m0/s1. The normalized spacial score (nSPS) is 23.8. The van der Waals surface area contributed by atoms with Crippen LogP contribution in [-0.4, -0.2) is 26.8 Å². The van der Waals surface area contributed by atoms with Crippen molar-refractivity contribution in [3.8, 4) is 0 Å². The zero-order chi connectivity index (χ0) is 19.9. The quantitative estimate of drug-likeness (QED) is 0.546. The van der Waals surface area contributed by atoms with E-state index < -0.39 is 17.4 Å². The number of aliphatic hydroxyl groups is 1. The first-order valence-corrected chi connectivity index (χ1v) is 9.38. The van der Waals surface area contributed by atoms with Crippen molar-refractivity contribution in [3.63, 3.8) is 0 Å². The van der Waals surface area contributed by atoms with Crippen molar-refractivity contribution in [2.24, 2.45) is 5.92 Å². The molecule has 1 amide bonds. The van der Waals surface area contributed by atoms with Gasteiger partial charge in [0.2, 0.25) is 5.91 Å². The first kappa shape index (κ1) is 18.5. The lowest BCUT2D eigenvalue weighted by molar-refractivity contribution is -0.130. The van der Waals surface area contributed by atoms with Crippen LogP contribution in [-0.2, 0) is 11.2 Å². The maximum absolute atomic E-state index is 13.3. The Bertz CT molecular complexity index is 1050. The van der Waals surface area contributed by atoms with Gasteiger partial charge in [-0.2, -0.15) is 0 Å². The largest absolute Gasteiger partial charge is 0.389 e. The number of rotatable bonds is 3. The number of nitrogens with one attached hydrogen (secondary N) is 3. The lowest BCUT2D eigenvalue weighted by atomic mass is 9.66. The molecule has 7 heteroatoms. The Morgan fingerprint density at radius 2 is 1.82 bits per heavy atom. The monoisotopic (exact) mass is 397 g/mol. The summed E-state index contributed by atoms with van der Waals surface area (Å²) in [5.74, 6) is -1.82. The van der Waals surface area contributed by atoms with Crippen LogP contribution in [0.5, 0.6) is 0 Å². The molecule has 0 fully saturated rings. The van der Waals surface area contributed by atoms with Crippen LogP contribution in [0.1, 0.15) is 29.7 Å². The van der Waals surface area contributed by atoms with Crippen LogP contribution in [0.25, 0.3) is 0 Å². The number of aromatic nitrogens is 2. The van der Waals surface area contributed by atoms with Crippen molar-refractivity contribution in [3.05, 3.63) is 86.8 Å². The summed E-state index contributed by atoms with van der Waals surface area (Å²) in [6, 6.07) is 16.1. The van der Waals surface area contributed by atoms with Crippen LogP contribution in [0.4, 0.5) is 5.69 Å². The zero-order valence-corrected chi connectivity index (χ0v) is 16.0. The Balaban J connectivity index is 1.83. The molecule has 0 saturated carbocycles. The molecule has 1 aromatic heterocycles. The van der Waals surface area contributed by atoms with E-state index in [-0.39, 0.29) is 17.9 Å². The lowest BCUT2D eigenvalue weighted by Crippen LogP contribution is -2.51. The summed E-state index contributed by atoms with van der Waals surface area (Å²) in [4.78, 5) is 25.8. The number of para-hydroxylation sites is 1. The number of hydrogen-bond donors (Lipinski definition) is 4. The highest BCUT2D eigenvalue weighted by atomic mass is 35.5. The third-order valence-corrected chi connectivity index (χ3v) is 5.55. The predicted molar refractivity (Wildman–Crippen MR) is 108 cm³/mol. The second-order valence-electron chi connectivity index (χ2n) is 7.37. The van der Waals surface area contributed by atoms with Gasteiger partial charge in [0.25, 0.3) is 5.56 Å². The zero-order valence-electron chi connectivity index (χ0n) is 15.2. The summed E-state index contributed by atoms with van der Waals surface area (Å²) in [7, 11) is 0. The number of benzene rings is 2. The molecule has 0 aliphatic heterocycles. The van der Waals surface area contributed by atoms with E-state index in [0.717, 1.165) is 5.56 Å². The summed E-state index contributed by atoms with van der Waals surface area (Å²) in [5.41, 5.74) is 0.806. The number of halogens is 1. The smallest absolute Gasteiger partial charge is 0.267 e. The minimum absolute atomic E-state index is 0.165. The molecular weight excluding hydrogens is 378 g/mol. The fraction of sp³-hybridized carbons (Fsp3) is 0.238. The van der Waals surface area contributed by atoms with Crippen molar-refractivity contribution in [2.75, 3.05) is 5.32 Å². The Labute approximate surface area is 166 Å². The fourth-order valence-electron chi connectivity index (χ4n) is 4.07. The van der Waals surface area contributed by atoms with Crippen molar-refractivity contribution >= 4 is 23.2 Å². The van der Waals surface area contributed by atoms with Gasteiger partial charge < -0.3 is 15.5 Å². The topological polar surface area (TPSA) is 98.0 Å². The van der Waals surface area contributed by atoms with Crippen molar-refractivity contribution in [2.45, 2.75) is 24.9 Å². The van der Waals surface area contributed by atoms with Gasteiger partial charge in [-0.25, -0.2) is 0 Å². The maximum Gasteiger partial charge on any atom is 0.267 e. The van der Waals surface area contributed by atoms with Crippen molar-refractivity contribution in [1.29, 1.82) is 0 Å². The SMILES string of the molecule is C[C@]1(O)Cc2[nH][nH]c(=O)c2[C@H](c2ccc(Cl)cc2)[C@@H]1C(=O)Nc1ccccc1. The second kappa shape index (κ2) is 6.96. The van der Waals surface area contributed by atoms with E-state index in [9.17, 15) is 14.7 Å². The van der Waals surface area contributed by atoms with Crippen LogP contribution in [0.3, 0.4) is 0 Å². The number of carbonyl (C=O) groups is 1. The third-order valence-electron chi connectivity index (χ3n) is 5.30. The number of aromatic amines is 2. The summed E-state index contributed by atoms with van der Waals surface area (Å²) < 4.78 is 0. The summed E-state index contributed by atoms with van der Waals surface area (Å²) >= 11 is 6.02. The highest BCUT2D eigenvalue weighted by molar-refractivity contribution is 6.30. The molecule has 4 rings (SSSR count). The predicted octanol–water partition coefficient (Wildman–Crippen LogP) is 3.05. The molecule has 144 valence electrons. The molecule has 28 heavy (non-hydrogen) atoms. The van der Waals surface area contributed by atoms with Gasteiger partial charge in [-0.3, -0.25) is 14.7 Å². The molecule has 0 bridgehead atoms. The van der Waals surface area contributed by atoms with E-state index in [1.807, 2.05) is 18.2 Å². The number of H-pyrrole nitrogens is 2. The first-order chi connectivity index (χ1) is 13.4. The lowest BCUT2D eigenvalue weighted by Gasteiger charge is -2.41.